The molecule has 2 rings (SSSR count). The van der Waals surface area contributed by atoms with Gasteiger partial charge in [0.25, 0.3) is 0 Å². The maximum absolute atomic E-state index is 6.21. The van der Waals surface area contributed by atoms with Crippen molar-refractivity contribution in [3.8, 4) is 11.3 Å². The minimum Gasteiger partial charge on any atom is -0.460 e. The predicted octanol–water partition coefficient (Wildman–Crippen LogP) is 7.13. The fourth-order valence-corrected chi connectivity index (χ4v) is 3.05. The lowest BCUT2D eigenvalue weighted by atomic mass is 10.1. The van der Waals surface area contributed by atoms with Crippen molar-refractivity contribution in [1.29, 1.82) is 0 Å². The van der Waals surface area contributed by atoms with Crippen LogP contribution in [0.4, 0.5) is 0 Å². The Bertz CT molecular complexity index is 598. The maximum Gasteiger partial charge on any atom is 0.135 e. The summed E-state index contributed by atoms with van der Waals surface area (Å²) in [5, 5.41) is 4.67. The Kier molecular flexibility index (Phi) is 10.5. The monoisotopic (exact) mass is 389 g/mol. The maximum atomic E-state index is 6.21. The zero-order valence-electron chi connectivity index (χ0n) is 14.1. The van der Waals surface area contributed by atoms with Gasteiger partial charge in [-0.1, -0.05) is 62.2 Å². The van der Waals surface area contributed by atoms with Crippen LogP contribution in [0.5, 0.6) is 0 Å². The average Bonchev–Trinajstić information content (AvgIpc) is 2.98. The minimum absolute atomic E-state index is 0. The van der Waals surface area contributed by atoms with Gasteiger partial charge in [-0.25, -0.2) is 0 Å². The van der Waals surface area contributed by atoms with Crippen LogP contribution < -0.4 is 5.32 Å². The van der Waals surface area contributed by atoms with E-state index in [9.17, 15) is 0 Å². The van der Waals surface area contributed by atoms with Crippen molar-refractivity contribution in [1.82, 2.24) is 5.32 Å². The Morgan fingerprint density at radius 2 is 1.71 bits per heavy atom. The molecule has 0 spiro atoms. The highest BCUT2D eigenvalue weighted by atomic mass is 35.5. The van der Waals surface area contributed by atoms with Crippen LogP contribution >= 0.6 is 35.6 Å². The number of furan rings is 1. The number of benzene rings is 1. The number of hydrogen-bond donors (Lipinski definition) is 1. The lowest BCUT2D eigenvalue weighted by Gasteiger charge is -2.04. The van der Waals surface area contributed by atoms with Crippen molar-refractivity contribution in [3.05, 3.63) is 46.1 Å². The standard InChI is InChI=1S/C19H25Cl2NO.ClH/c1-2-3-4-5-6-7-12-22-14-16-9-11-19(23-16)17-10-8-15(20)13-18(17)21;/h8-11,13,22H,2-7,12,14H2,1H3;1H. The molecule has 0 unspecified atom stereocenters. The van der Waals surface area contributed by atoms with E-state index >= 15 is 0 Å². The Morgan fingerprint density at radius 3 is 2.46 bits per heavy atom. The van der Waals surface area contributed by atoms with E-state index in [2.05, 4.69) is 12.2 Å². The molecular weight excluding hydrogens is 365 g/mol. The number of rotatable bonds is 10. The molecule has 5 heteroatoms. The molecule has 0 radical (unpaired) electrons. The third-order valence-electron chi connectivity index (χ3n) is 3.86. The Hall–Kier alpha value is -0.670. The topological polar surface area (TPSA) is 25.2 Å². The van der Waals surface area contributed by atoms with Crippen molar-refractivity contribution in [2.24, 2.45) is 0 Å². The normalized spacial score (nSPS) is 10.6. The van der Waals surface area contributed by atoms with Crippen LogP contribution in [0.25, 0.3) is 11.3 Å². The van der Waals surface area contributed by atoms with Gasteiger partial charge in [-0.15, -0.1) is 12.4 Å². The first-order chi connectivity index (χ1) is 11.2. The second-order valence-corrected chi connectivity index (χ2v) is 6.68. The Balaban J connectivity index is 0.00000288. The van der Waals surface area contributed by atoms with Crippen LogP contribution in [0.1, 0.15) is 51.2 Å². The summed E-state index contributed by atoms with van der Waals surface area (Å²) in [6, 6.07) is 9.39. The molecule has 1 aromatic heterocycles. The SMILES string of the molecule is CCCCCCCCNCc1ccc(-c2ccc(Cl)cc2Cl)o1.Cl. The molecule has 0 aliphatic carbocycles. The molecule has 1 aromatic carbocycles. The minimum atomic E-state index is 0. The fraction of sp³-hybridized carbons (Fsp3) is 0.474. The molecule has 0 bridgehead atoms. The first kappa shape index (κ1) is 21.4. The predicted molar refractivity (Wildman–Crippen MR) is 106 cm³/mol. The van der Waals surface area contributed by atoms with Gasteiger partial charge < -0.3 is 9.73 Å². The summed E-state index contributed by atoms with van der Waals surface area (Å²) in [6.07, 6.45) is 7.89. The first-order valence-electron chi connectivity index (χ1n) is 8.45. The highest BCUT2D eigenvalue weighted by Crippen LogP contribution is 2.31. The van der Waals surface area contributed by atoms with E-state index in [1.807, 2.05) is 24.3 Å². The highest BCUT2D eigenvalue weighted by molar-refractivity contribution is 6.36. The van der Waals surface area contributed by atoms with Crippen molar-refractivity contribution in [3.63, 3.8) is 0 Å². The van der Waals surface area contributed by atoms with Crippen molar-refractivity contribution in [2.75, 3.05) is 6.54 Å². The van der Waals surface area contributed by atoms with Gasteiger partial charge in [-0.2, -0.15) is 0 Å². The van der Waals surface area contributed by atoms with E-state index in [4.69, 9.17) is 27.6 Å². The molecular formula is C19H26Cl3NO. The summed E-state index contributed by atoms with van der Waals surface area (Å²) >= 11 is 12.1. The van der Waals surface area contributed by atoms with Crippen LogP contribution in [-0.2, 0) is 6.54 Å². The number of unbranched alkanes of at least 4 members (excludes halogenated alkanes) is 5. The summed E-state index contributed by atoms with van der Waals surface area (Å²) < 4.78 is 5.86. The van der Waals surface area contributed by atoms with Crippen LogP contribution in [-0.4, -0.2) is 6.54 Å². The molecule has 2 aromatic rings. The van der Waals surface area contributed by atoms with Gasteiger partial charge in [0.05, 0.1) is 11.6 Å². The first-order valence-corrected chi connectivity index (χ1v) is 9.21. The molecule has 1 N–H and O–H groups in total. The third kappa shape index (κ3) is 7.06. The zero-order chi connectivity index (χ0) is 16.5. The molecule has 0 saturated heterocycles. The molecule has 0 atom stereocenters. The fourth-order valence-electron chi connectivity index (χ4n) is 2.55. The molecule has 0 aliphatic rings. The summed E-state index contributed by atoms with van der Waals surface area (Å²) in [4.78, 5) is 0. The zero-order valence-corrected chi connectivity index (χ0v) is 16.4. The van der Waals surface area contributed by atoms with Crippen LogP contribution in [0.3, 0.4) is 0 Å². The van der Waals surface area contributed by atoms with E-state index in [0.29, 0.717) is 10.0 Å². The van der Waals surface area contributed by atoms with Crippen LogP contribution in [0.15, 0.2) is 34.7 Å². The van der Waals surface area contributed by atoms with Gasteiger partial charge in [-0.3, -0.25) is 0 Å². The van der Waals surface area contributed by atoms with Gasteiger partial charge in [-0.05, 0) is 43.3 Å². The van der Waals surface area contributed by atoms with Gasteiger partial charge >= 0.3 is 0 Å². The van der Waals surface area contributed by atoms with E-state index in [1.54, 1.807) is 6.07 Å². The molecule has 0 amide bonds. The van der Waals surface area contributed by atoms with Crippen LogP contribution in [0, 0.1) is 0 Å². The number of hydrogen-bond acceptors (Lipinski definition) is 2. The summed E-state index contributed by atoms with van der Waals surface area (Å²) in [5.41, 5.74) is 0.873. The van der Waals surface area contributed by atoms with Crippen molar-refractivity contribution < 1.29 is 4.42 Å². The molecule has 0 saturated carbocycles. The number of halogens is 3. The lowest BCUT2D eigenvalue weighted by molar-refractivity contribution is 0.485. The summed E-state index contributed by atoms with van der Waals surface area (Å²) in [5.74, 6) is 1.71. The molecule has 24 heavy (non-hydrogen) atoms. The Labute approximate surface area is 161 Å². The molecule has 134 valence electrons. The molecule has 1 heterocycles. The summed E-state index contributed by atoms with van der Waals surface area (Å²) in [6.45, 7) is 4.03. The van der Waals surface area contributed by atoms with Crippen molar-refractivity contribution >= 4 is 35.6 Å². The number of nitrogens with one attached hydrogen (secondary N) is 1. The molecule has 0 fully saturated rings. The van der Waals surface area contributed by atoms with E-state index < -0.39 is 0 Å². The lowest BCUT2D eigenvalue weighted by Crippen LogP contribution is -2.14. The molecule has 2 nitrogen and oxygen atoms in total. The van der Waals surface area contributed by atoms with E-state index in [1.165, 1.54) is 38.5 Å². The van der Waals surface area contributed by atoms with E-state index in [-0.39, 0.29) is 12.4 Å². The van der Waals surface area contributed by atoms with E-state index in [0.717, 1.165) is 30.2 Å². The highest BCUT2D eigenvalue weighted by Gasteiger charge is 2.09. The summed E-state index contributed by atoms with van der Waals surface area (Å²) in [7, 11) is 0. The Morgan fingerprint density at radius 1 is 0.958 bits per heavy atom. The van der Waals surface area contributed by atoms with Crippen molar-refractivity contribution in [2.45, 2.75) is 52.0 Å². The second kappa shape index (κ2) is 11.8. The third-order valence-corrected chi connectivity index (χ3v) is 4.41. The van der Waals surface area contributed by atoms with Gasteiger partial charge in [0, 0.05) is 10.6 Å². The second-order valence-electron chi connectivity index (χ2n) is 5.83. The molecule has 0 aliphatic heterocycles. The van der Waals surface area contributed by atoms with Gasteiger partial charge in [0.1, 0.15) is 11.5 Å². The average molecular weight is 391 g/mol. The smallest absolute Gasteiger partial charge is 0.135 e. The van der Waals surface area contributed by atoms with Crippen LogP contribution in [0.2, 0.25) is 10.0 Å². The van der Waals surface area contributed by atoms with Gasteiger partial charge in [0.15, 0.2) is 0 Å². The quantitative estimate of drug-likeness (QED) is 0.437. The van der Waals surface area contributed by atoms with Gasteiger partial charge in [0.2, 0.25) is 0 Å². The largest absolute Gasteiger partial charge is 0.460 e.